The zero-order valence-electron chi connectivity index (χ0n) is 11.4. The fraction of sp³-hybridized carbons (Fsp3) is 0.769. The van der Waals surface area contributed by atoms with E-state index in [9.17, 15) is 0 Å². The molecule has 2 atom stereocenters. The van der Waals surface area contributed by atoms with Crippen molar-refractivity contribution in [1.29, 1.82) is 0 Å². The predicted octanol–water partition coefficient (Wildman–Crippen LogP) is 2.22. The minimum atomic E-state index is 0.336. The summed E-state index contributed by atoms with van der Waals surface area (Å²) in [4.78, 5) is 0. The van der Waals surface area contributed by atoms with Crippen molar-refractivity contribution >= 4 is 0 Å². The highest BCUT2D eigenvalue weighted by atomic mass is 16.5. The van der Waals surface area contributed by atoms with Gasteiger partial charge < -0.3 is 10.1 Å². The number of aromatic nitrogens is 2. The Kier molecular flexibility index (Phi) is 3.17. The van der Waals surface area contributed by atoms with Crippen LogP contribution in [0.5, 0.6) is 5.75 Å². The van der Waals surface area contributed by atoms with Gasteiger partial charge in [-0.1, -0.05) is 13.8 Å². The lowest BCUT2D eigenvalue weighted by Crippen LogP contribution is -2.24. The van der Waals surface area contributed by atoms with Crippen LogP contribution in [0.1, 0.15) is 38.9 Å². The average molecular weight is 237 g/mol. The van der Waals surface area contributed by atoms with Crippen LogP contribution in [0.3, 0.4) is 0 Å². The second-order valence-corrected chi connectivity index (χ2v) is 5.48. The molecular weight excluding hydrogens is 214 g/mol. The lowest BCUT2D eigenvalue weighted by molar-refractivity contribution is 0.370. The third-order valence-electron chi connectivity index (χ3n) is 3.96. The molecule has 1 N–H and O–H groups in total. The van der Waals surface area contributed by atoms with Crippen LogP contribution in [0.2, 0.25) is 0 Å². The summed E-state index contributed by atoms with van der Waals surface area (Å²) in [7, 11) is 3.73. The molecular formula is C13H23N3O. The van der Waals surface area contributed by atoms with E-state index in [1.807, 2.05) is 17.9 Å². The molecule has 2 rings (SSSR count). The lowest BCUT2D eigenvalue weighted by atomic mass is 10.0. The van der Waals surface area contributed by atoms with Crippen molar-refractivity contribution in [3.63, 3.8) is 0 Å². The van der Waals surface area contributed by atoms with Crippen LogP contribution >= 0.6 is 0 Å². The molecule has 4 heteroatoms. The Morgan fingerprint density at radius 3 is 2.71 bits per heavy atom. The van der Waals surface area contributed by atoms with Crippen molar-refractivity contribution in [2.24, 2.45) is 11.3 Å². The van der Waals surface area contributed by atoms with E-state index >= 15 is 0 Å². The molecule has 0 radical (unpaired) electrons. The zero-order valence-corrected chi connectivity index (χ0v) is 11.4. The van der Waals surface area contributed by atoms with Crippen LogP contribution < -0.4 is 10.1 Å². The molecule has 1 fully saturated rings. The van der Waals surface area contributed by atoms with Crippen LogP contribution in [-0.4, -0.2) is 23.9 Å². The molecule has 2 unspecified atom stereocenters. The van der Waals surface area contributed by atoms with Crippen LogP contribution in [0.25, 0.3) is 0 Å². The van der Waals surface area contributed by atoms with Gasteiger partial charge in [0.15, 0.2) is 5.75 Å². The molecule has 0 aliphatic heterocycles. The summed E-state index contributed by atoms with van der Waals surface area (Å²) >= 11 is 0. The van der Waals surface area contributed by atoms with Crippen molar-refractivity contribution in [1.82, 2.24) is 15.1 Å². The quantitative estimate of drug-likeness (QED) is 0.853. The molecule has 1 aliphatic carbocycles. The number of rotatable bonds is 5. The first-order valence-corrected chi connectivity index (χ1v) is 6.32. The molecule has 17 heavy (non-hydrogen) atoms. The number of hydrogen-bond acceptors (Lipinski definition) is 3. The number of aryl methyl sites for hydroxylation is 1. The monoisotopic (exact) mass is 237 g/mol. The third-order valence-corrected chi connectivity index (χ3v) is 3.96. The van der Waals surface area contributed by atoms with Gasteiger partial charge in [0.25, 0.3) is 0 Å². The van der Waals surface area contributed by atoms with Crippen molar-refractivity contribution in [3.05, 3.63) is 11.9 Å². The Bertz CT molecular complexity index is 376. The van der Waals surface area contributed by atoms with E-state index in [0.717, 1.165) is 12.3 Å². The van der Waals surface area contributed by atoms with Crippen molar-refractivity contribution in [3.8, 4) is 5.75 Å². The molecule has 1 aromatic rings. The SMILES string of the molecule is CCn1ncc(OC)c1C(NC)C1CC1(C)C. The molecule has 1 saturated carbocycles. The topological polar surface area (TPSA) is 39.1 Å². The summed E-state index contributed by atoms with van der Waals surface area (Å²) in [5.41, 5.74) is 1.62. The van der Waals surface area contributed by atoms with Gasteiger partial charge in [-0.3, -0.25) is 4.68 Å². The van der Waals surface area contributed by atoms with Gasteiger partial charge in [-0.2, -0.15) is 5.10 Å². The van der Waals surface area contributed by atoms with Gasteiger partial charge in [-0.05, 0) is 31.7 Å². The van der Waals surface area contributed by atoms with Crippen molar-refractivity contribution < 1.29 is 4.74 Å². The molecule has 0 amide bonds. The number of nitrogens with one attached hydrogen (secondary N) is 1. The van der Waals surface area contributed by atoms with Crippen molar-refractivity contribution in [2.45, 2.75) is 39.8 Å². The first-order chi connectivity index (χ1) is 8.05. The van der Waals surface area contributed by atoms with E-state index in [2.05, 4.69) is 31.2 Å². The van der Waals surface area contributed by atoms with Crippen LogP contribution in [0, 0.1) is 11.3 Å². The zero-order chi connectivity index (χ0) is 12.6. The molecule has 0 spiro atoms. The summed E-state index contributed by atoms with van der Waals surface area (Å²) in [5, 5.41) is 7.81. The minimum Gasteiger partial charge on any atom is -0.493 e. The van der Waals surface area contributed by atoms with Crippen LogP contribution in [0.15, 0.2) is 6.20 Å². The van der Waals surface area contributed by atoms with Gasteiger partial charge in [-0.25, -0.2) is 0 Å². The highest BCUT2D eigenvalue weighted by Gasteiger charge is 2.51. The summed E-state index contributed by atoms with van der Waals surface area (Å²) in [6.45, 7) is 7.63. The first kappa shape index (κ1) is 12.4. The largest absolute Gasteiger partial charge is 0.493 e. The molecule has 1 aliphatic rings. The predicted molar refractivity (Wildman–Crippen MR) is 68.1 cm³/mol. The Hall–Kier alpha value is -1.03. The van der Waals surface area contributed by atoms with E-state index < -0.39 is 0 Å². The Morgan fingerprint density at radius 2 is 2.29 bits per heavy atom. The van der Waals surface area contributed by atoms with Gasteiger partial charge in [0, 0.05) is 6.54 Å². The van der Waals surface area contributed by atoms with Crippen molar-refractivity contribution in [2.75, 3.05) is 14.2 Å². The highest BCUT2D eigenvalue weighted by Crippen LogP contribution is 2.58. The summed E-state index contributed by atoms with van der Waals surface area (Å²) < 4.78 is 7.47. The average Bonchev–Trinajstić information content (AvgIpc) is 2.77. The Morgan fingerprint density at radius 1 is 1.65 bits per heavy atom. The van der Waals surface area contributed by atoms with Gasteiger partial charge in [0.1, 0.15) is 0 Å². The number of hydrogen-bond donors (Lipinski definition) is 1. The van der Waals surface area contributed by atoms with Crippen LogP contribution in [0.4, 0.5) is 0 Å². The molecule has 0 aromatic carbocycles. The second-order valence-electron chi connectivity index (χ2n) is 5.48. The summed E-state index contributed by atoms with van der Waals surface area (Å²) in [5.74, 6) is 1.57. The molecule has 0 bridgehead atoms. The van der Waals surface area contributed by atoms with Gasteiger partial charge in [0.2, 0.25) is 0 Å². The van der Waals surface area contributed by atoms with E-state index in [4.69, 9.17) is 4.74 Å². The standard InChI is InChI=1S/C13H23N3O/c1-6-16-12(10(17-5)8-15-16)11(14-4)9-7-13(9,2)3/h8-9,11,14H,6-7H2,1-5H3. The lowest BCUT2D eigenvalue weighted by Gasteiger charge is -2.20. The number of nitrogens with zero attached hydrogens (tertiary/aromatic N) is 2. The minimum absolute atomic E-state index is 0.336. The smallest absolute Gasteiger partial charge is 0.161 e. The Labute approximate surface area is 103 Å². The maximum absolute atomic E-state index is 5.43. The normalized spacial score (nSPS) is 23.5. The summed E-state index contributed by atoms with van der Waals surface area (Å²) in [6.07, 6.45) is 3.08. The third kappa shape index (κ3) is 2.06. The molecule has 4 nitrogen and oxygen atoms in total. The second kappa shape index (κ2) is 4.33. The van der Waals surface area contributed by atoms with E-state index in [-0.39, 0.29) is 0 Å². The fourth-order valence-electron chi connectivity index (χ4n) is 2.71. The first-order valence-electron chi connectivity index (χ1n) is 6.32. The molecule has 96 valence electrons. The van der Waals surface area contributed by atoms with Crippen LogP contribution in [-0.2, 0) is 6.54 Å². The Balaban J connectivity index is 2.33. The maximum atomic E-state index is 5.43. The van der Waals surface area contributed by atoms with Gasteiger partial charge >= 0.3 is 0 Å². The maximum Gasteiger partial charge on any atom is 0.161 e. The number of ether oxygens (including phenoxy) is 1. The van der Waals surface area contributed by atoms with E-state index in [0.29, 0.717) is 17.4 Å². The molecule has 1 aromatic heterocycles. The molecule has 0 saturated heterocycles. The highest BCUT2D eigenvalue weighted by molar-refractivity contribution is 5.30. The molecule has 1 heterocycles. The van der Waals surface area contributed by atoms with E-state index in [1.165, 1.54) is 12.1 Å². The van der Waals surface area contributed by atoms with Gasteiger partial charge in [-0.15, -0.1) is 0 Å². The summed E-state index contributed by atoms with van der Waals surface area (Å²) in [6, 6.07) is 0.336. The van der Waals surface area contributed by atoms with E-state index in [1.54, 1.807) is 7.11 Å². The van der Waals surface area contributed by atoms with Gasteiger partial charge in [0.05, 0.1) is 25.0 Å². The fourth-order valence-corrected chi connectivity index (χ4v) is 2.71. The number of methoxy groups -OCH3 is 1.